The second-order valence-electron chi connectivity index (χ2n) is 1.05. The van der Waals surface area contributed by atoms with Crippen molar-refractivity contribution in [1.29, 1.82) is 0 Å². The maximum Gasteiger partial charge on any atom is 2.00 e. The number of aldehydes is 1. The zero-order chi connectivity index (χ0) is 6.41. The molecule has 0 bridgehead atoms. The Hall–Kier alpha value is -0.406. The van der Waals surface area contributed by atoms with Gasteiger partial charge in [0.2, 0.25) is 0 Å². The first kappa shape index (κ1) is 11.4. The van der Waals surface area contributed by atoms with E-state index in [-0.39, 0.29) is 18.6 Å². The zero-order valence-electron chi connectivity index (χ0n) is 5.03. The minimum Gasteiger partial charge on any atom is -0.488 e. The Labute approximate surface area is 65.6 Å². The monoisotopic (exact) mass is 166 g/mol. The molecule has 49 valence electrons. The summed E-state index contributed by atoms with van der Waals surface area (Å²) in [6.07, 6.45) is 1.24. The van der Waals surface area contributed by atoms with Crippen LogP contribution >= 0.6 is 0 Å². The summed E-state index contributed by atoms with van der Waals surface area (Å²) >= 11 is 0. The van der Waals surface area contributed by atoms with Crippen LogP contribution in [0, 0.1) is 6.42 Å². The van der Waals surface area contributed by atoms with Crippen molar-refractivity contribution in [3.8, 4) is 0 Å². The zero-order valence-corrected chi connectivity index (χ0v) is 6.43. The Balaban J connectivity index is 0. The number of carbonyl (C=O) groups is 2. The molecule has 9 heavy (non-hydrogen) atoms. The van der Waals surface area contributed by atoms with E-state index < -0.39 is 5.97 Å². The van der Waals surface area contributed by atoms with Gasteiger partial charge in [0, 0.05) is 0 Å². The van der Waals surface area contributed by atoms with E-state index in [2.05, 4.69) is 4.74 Å². The first-order chi connectivity index (χ1) is 3.81. The summed E-state index contributed by atoms with van der Waals surface area (Å²) in [7, 11) is 0. The molecule has 1 radical (unpaired) electrons. The summed E-state index contributed by atoms with van der Waals surface area (Å²) in [6.45, 7) is 1.99. The fraction of sp³-hybridized carbons (Fsp3) is 0.400. The van der Waals surface area contributed by atoms with Crippen LogP contribution in [0.1, 0.15) is 6.92 Å². The van der Waals surface area contributed by atoms with Crippen molar-refractivity contribution >= 4 is 12.3 Å². The van der Waals surface area contributed by atoms with E-state index in [1.165, 1.54) is 0 Å². The van der Waals surface area contributed by atoms with Crippen molar-refractivity contribution in [2.75, 3.05) is 6.61 Å². The summed E-state index contributed by atoms with van der Waals surface area (Å²) in [5, 5.41) is 0. The molecular formula is C5H7O3V+. The van der Waals surface area contributed by atoms with Gasteiger partial charge in [-0.25, -0.2) is 6.42 Å². The van der Waals surface area contributed by atoms with Gasteiger partial charge in [0.25, 0.3) is 0 Å². The number of ether oxygens (including phenoxy) is 1. The van der Waals surface area contributed by atoms with Crippen LogP contribution in [0.25, 0.3) is 0 Å². The Kier molecular flexibility index (Phi) is 9.62. The normalized spacial score (nSPS) is 6.78. The Morgan fingerprint density at radius 2 is 2.33 bits per heavy atom. The number of esters is 1. The third kappa shape index (κ3) is 7.59. The van der Waals surface area contributed by atoms with Crippen molar-refractivity contribution in [2.45, 2.75) is 6.92 Å². The van der Waals surface area contributed by atoms with Crippen LogP contribution in [0.4, 0.5) is 0 Å². The first-order valence-corrected chi connectivity index (χ1v) is 2.26. The number of carbonyl (C=O) groups excluding carboxylic acids is 2. The van der Waals surface area contributed by atoms with Crippen LogP contribution in [0.15, 0.2) is 0 Å². The molecule has 0 aliphatic rings. The van der Waals surface area contributed by atoms with Crippen LogP contribution < -0.4 is 0 Å². The molecule has 0 rings (SSSR count). The molecule has 0 atom stereocenters. The SMILES string of the molecule is CCOC(=O)[CH-]C=O.[V+2]. The predicted octanol–water partition coefficient (Wildman–Crippen LogP) is -0.0498. The Bertz CT molecular complexity index is 92.2. The van der Waals surface area contributed by atoms with Crippen molar-refractivity contribution in [3.63, 3.8) is 0 Å². The standard InChI is InChI=1S/C5H7O3.V/c1-2-8-5(7)3-4-6;/h3-4H,2H2,1H3;/q-1;+2. The van der Waals surface area contributed by atoms with Gasteiger partial charge in [0.1, 0.15) is 0 Å². The summed E-state index contributed by atoms with van der Waals surface area (Å²) in [4.78, 5) is 19.7. The molecule has 0 aromatic rings. The maximum atomic E-state index is 10.1. The van der Waals surface area contributed by atoms with Crippen molar-refractivity contribution in [2.24, 2.45) is 0 Å². The van der Waals surface area contributed by atoms with E-state index in [0.717, 1.165) is 6.42 Å². The molecule has 0 aromatic carbocycles. The summed E-state index contributed by atoms with van der Waals surface area (Å²) in [5.41, 5.74) is 0. The second-order valence-corrected chi connectivity index (χ2v) is 1.05. The summed E-state index contributed by atoms with van der Waals surface area (Å²) in [5.74, 6) is -0.581. The van der Waals surface area contributed by atoms with Crippen LogP contribution in [-0.2, 0) is 32.9 Å². The number of rotatable bonds is 3. The van der Waals surface area contributed by atoms with Gasteiger partial charge in [-0.1, -0.05) is 0 Å². The molecule has 0 N–H and O–H groups in total. The van der Waals surface area contributed by atoms with Crippen LogP contribution in [0.2, 0.25) is 0 Å². The molecule has 0 aliphatic heterocycles. The molecule has 0 fully saturated rings. The molecule has 0 aromatic heterocycles. The van der Waals surface area contributed by atoms with Gasteiger partial charge in [-0.05, 0) is 13.2 Å². The van der Waals surface area contributed by atoms with Gasteiger partial charge in [-0.2, -0.15) is 0 Å². The fourth-order valence-electron chi connectivity index (χ4n) is 0.246. The maximum absolute atomic E-state index is 10.1. The van der Waals surface area contributed by atoms with Gasteiger partial charge in [-0.15, -0.1) is 0 Å². The minimum atomic E-state index is -0.581. The fourth-order valence-corrected chi connectivity index (χ4v) is 0.246. The molecule has 0 spiro atoms. The van der Waals surface area contributed by atoms with Gasteiger partial charge in [-0.3, -0.25) is 4.79 Å². The van der Waals surface area contributed by atoms with Crippen molar-refractivity contribution < 1.29 is 32.9 Å². The summed E-state index contributed by atoms with van der Waals surface area (Å²) in [6, 6.07) is 0. The van der Waals surface area contributed by atoms with Crippen molar-refractivity contribution in [1.82, 2.24) is 0 Å². The van der Waals surface area contributed by atoms with Crippen molar-refractivity contribution in [3.05, 3.63) is 6.42 Å². The average molecular weight is 166 g/mol. The van der Waals surface area contributed by atoms with Gasteiger partial charge in [0.15, 0.2) is 5.97 Å². The number of hydrogen-bond acceptors (Lipinski definition) is 3. The molecule has 0 heterocycles. The third-order valence-corrected chi connectivity index (χ3v) is 0.491. The molecule has 0 saturated carbocycles. The van der Waals surface area contributed by atoms with Gasteiger partial charge < -0.3 is 9.53 Å². The third-order valence-electron chi connectivity index (χ3n) is 0.491. The molecule has 3 nitrogen and oxygen atoms in total. The predicted molar refractivity (Wildman–Crippen MR) is 27.0 cm³/mol. The molecule has 0 aliphatic carbocycles. The van der Waals surface area contributed by atoms with Gasteiger partial charge >= 0.3 is 18.6 Å². The van der Waals surface area contributed by atoms with Crippen LogP contribution in [-0.4, -0.2) is 18.9 Å². The summed E-state index contributed by atoms with van der Waals surface area (Å²) < 4.78 is 4.36. The Morgan fingerprint density at radius 1 is 1.78 bits per heavy atom. The smallest absolute Gasteiger partial charge is 0.488 e. The largest absolute Gasteiger partial charge is 2.00 e. The molecular weight excluding hydrogens is 159 g/mol. The van der Waals surface area contributed by atoms with Gasteiger partial charge in [0.05, 0.1) is 6.61 Å². The van der Waals surface area contributed by atoms with Crippen LogP contribution in [0.3, 0.4) is 0 Å². The van der Waals surface area contributed by atoms with E-state index in [1.54, 1.807) is 6.92 Å². The minimum absolute atomic E-state index is 0. The molecule has 0 saturated heterocycles. The quantitative estimate of drug-likeness (QED) is 0.255. The van der Waals surface area contributed by atoms with E-state index >= 15 is 0 Å². The first-order valence-electron chi connectivity index (χ1n) is 2.26. The molecule has 0 unspecified atom stereocenters. The van der Waals surface area contributed by atoms with E-state index in [4.69, 9.17) is 0 Å². The topological polar surface area (TPSA) is 43.4 Å². The van der Waals surface area contributed by atoms with E-state index in [1.807, 2.05) is 0 Å². The second kappa shape index (κ2) is 7.59. The van der Waals surface area contributed by atoms with Crippen LogP contribution in [0.5, 0.6) is 0 Å². The molecule has 0 amide bonds. The number of hydrogen-bond donors (Lipinski definition) is 0. The van der Waals surface area contributed by atoms with E-state index in [0.29, 0.717) is 12.9 Å². The molecule has 4 heteroatoms. The Morgan fingerprint density at radius 3 is 2.67 bits per heavy atom. The van der Waals surface area contributed by atoms with E-state index in [9.17, 15) is 9.59 Å². The average Bonchev–Trinajstić information content (AvgIpc) is 1.68.